The van der Waals surface area contributed by atoms with Crippen LogP contribution in [0.4, 0.5) is 0 Å². The largest absolute Gasteiger partial charge is 0.376 e. The van der Waals surface area contributed by atoms with Crippen molar-refractivity contribution in [2.75, 3.05) is 6.61 Å². The molecule has 0 radical (unpaired) electrons. The van der Waals surface area contributed by atoms with E-state index in [2.05, 4.69) is 21.1 Å². The molecule has 0 bridgehead atoms. The first-order valence-corrected chi connectivity index (χ1v) is 8.56. The Balaban J connectivity index is 1.43. The van der Waals surface area contributed by atoms with Crippen LogP contribution in [0.1, 0.15) is 30.4 Å². The van der Waals surface area contributed by atoms with Gasteiger partial charge in [-0.05, 0) is 18.9 Å². The van der Waals surface area contributed by atoms with E-state index >= 15 is 0 Å². The third kappa shape index (κ3) is 4.23. The lowest BCUT2D eigenvalue weighted by Crippen LogP contribution is -2.43. The second-order valence-corrected chi connectivity index (χ2v) is 6.60. The zero-order valence-corrected chi connectivity index (χ0v) is 14.4. The number of ether oxygens (including phenoxy) is 1. The number of hydrogen-bond acceptors (Lipinski definition) is 3. The van der Waals surface area contributed by atoms with Gasteiger partial charge >= 0.3 is 0 Å². The average Bonchev–Trinajstić information content (AvgIpc) is 2.95. The van der Waals surface area contributed by atoms with E-state index in [1.165, 1.54) is 0 Å². The van der Waals surface area contributed by atoms with Gasteiger partial charge in [0.15, 0.2) is 0 Å². The molecular weight excluding hydrogens is 302 g/mol. The monoisotopic (exact) mass is 327 g/mol. The quantitative estimate of drug-likeness (QED) is 0.887. The van der Waals surface area contributed by atoms with Gasteiger partial charge in [-0.1, -0.05) is 37.3 Å². The number of carbonyl (C=O) groups excluding carboxylic acids is 1. The fourth-order valence-electron chi connectivity index (χ4n) is 3.05. The van der Waals surface area contributed by atoms with Gasteiger partial charge in [-0.3, -0.25) is 4.79 Å². The molecule has 0 saturated heterocycles. The number of aromatic nitrogens is 2. The van der Waals surface area contributed by atoms with E-state index in [0.29, 0.717) is 13.2 Å². The molecule has 2 heterocycles. The smallest absolute Gasteiger partial charge is 0.225 e. The maximum absolute atomic E-state index is 12.4. The van der Waals surface area contributed by atoms with Gasteiger partial charge < -0.3 is 14.6 Å². The average molecular weight is 327 g/mol. The number of nitrogens with one attached hydrogen (secondary N) is 1. The summed E-state index contributed by atoms with van der Waals surface area (Å²) >= 11 is 0. The Labute approximate surface area is 143 Å². The molecule has 1 aliphatic rings. The molecule has 2 aromatic rings. The molecular formula is C19H25N3O2. The van der Waals surface area contributed by atoms with Crippen LogP contribution in [0.15, 0.2) is 36.5 Å². The molecule has 0 saturated carbocycles. The fraction of sp³-hybridized carbons (Fsp3) is 0.474. The topological polar surface area (TPSA) is 56.2 Å². The highest BCUT2D eigenvalue weighted by atomic mass is 16.5. The van der Waals surface area contributed by atoms with Gasteiger partial charge in [0, 0.05) is 25.2 Å². The number of hydrogen-bond donors (Lipinski definition) is 1. The van der Waals surface area contributed by atoms with Gasteiger partial charge in [0.25, 0.3) is 0 Å². The SMILES string of the molecule is Cc1cn2c(n1)CCC(NC(=O)C(C)COCc1ccccc1)C2. The van der Waals surface area contributed by atoms with E-state index in [9.17, 15) is 4.79 Å². The molecule has 1 amide bonds. The molecule has 5 heteroatoms. The van der Waals surface area contributed by atoms with Crippen molar-refractivity contribution in [3.8, 4) is 0 Å². The molecule has 1 aromatic carbocycles. The number of imidazole rings is 1. The Morgan fingerprint density at radius 1 is 1.42 bits per heavy atom. The third-order valence-corrected chi connectivity index (χ3v) is 4.39. The van der Waals surface area contributed by atoms with E-state index in [1.807, 2.05) is 44.2 Å². The predicted octanol–water partition coefficient (Wildman–Crippen LogP) is 2.48. The zero-order valence-electron chi connectivity index (χ0n) is 14.4. The highest BCUT2D eigenvalue weighted by Crippen LogP contribution is 2.15. The van der Waals surface area contributed by atoms with Crippen molar-refractivity contribution in [1.29, 1.82) is 0 Å². The van der Waals surface area contributed by atoms with Crippen LogP contribution in [0.2, 0.25) is 0 Å². The van der Waals surface area contributed by atoms with Gasteiger partial charge in [0.05, 0.1) is 24.8 Å². The Morgan fingerprint density at radius 3 is 3.00 bits per heavy atom. The molecule has 1 N–H and O–H groups in total. The lowest BCUT2D eigenvalue weighted by atomic mass is 10.1. The number of nitrogens with zero attached hydrogens (tertiary/aromatic N) is 2. The minimum atomic E-state index is -0.153. The first-order chi connectivity index (χ1) is 11.6. The summed E-state index contributed by atoms with van der Waals surface area (Å²) in [6.07, 6.45) is 3.91. The molecule has 5 nitrogen and oxygen atoms in total. The summed E-state index contributed by atoms with van der Waals surface area (Å²) in [6, 6.07) is 10.2. The number of fused-ring (bicyclic) bond motifs is 1. The maximum atomic E-state index is 12.4. The summed E-state index contributed by atoms with van der Waals surface area (Å²) < 4.78 is 7.83. The second kappa shape index (κ2) is 7.62. The summed E-state index contributed by atoms with van der Waals surface area (Å²) in [5, 5.41) is 3.15. The van der Waals surface area contributed by atoms with Gasteiger partial charge in [-0.25, -0.2) is 4.98 Å². The first kappa shape index (κ1) is 16.7. The fourth-order valence-corrected chi connectivity index (χ4v) is 3.05. The zero-order chi connectivity index (χ0) is 16.9. The second-order valence-electron chi connectivity index (χ2n) is 6.60. The van der Waals surface area contributed by atoms with Crippen molar-refractivity contribution in [3.05, 3.63) is 53.6 Å². The minimum Gasteiger partial charge on any atom is -0.376 e. The van der Waals surface area contributed by atoms with Gasteiger partial charge in [-0.15, -0.1) is 0 Å². The third-order valence-electron chi connectivity index (χ3n) is 4.39. The normalized spacial score (nSPS) is 18.0. The number of rotatable bonds is 6. The highest BCUT2D eigenvalue weighted by Gasteiger charge is 2.23. The molecule has 1 aromatic heterocycles. The first-order valence-electron chi connectivity index (χ1n) is 8.56. The van der Waals surface area contributed by atoms with Crippen molar-refractivity contribution >= 4 is 5.91 Å². The van der Waals surface area contributed by atoms with Crippen LogP contribution in [0.25, 0.3) is 0 Å². The molecule has 2 atom stereocenters. The minimum absolute atomic E-state index is 0.0633. The standard InChI is InChI=1S/C19H25N3O2/c1-14(12-24-13-16-6-4-3-5-7-16)19(23)21-17-8-9-18-20-15(2)10-22(18)11-17/h3-7,10,14,17H,8-9,11-13H2,1-2H3,(H,21,23). The summed E-state index contributed by atoms with van der Waals surface area (Å²) in [6.45, 7) is 5.70. The van der Waals surface area contributed by atoms with E-state index in [4.69, 9.17) is 4.74 Å². The van der Waals surface area contributed by atoms with Crippen molar-refractivity contribution in [2.45, 2.75) is 45.9 Å². The molecule has 128 valence electrons. The highest BCUT2D eigenvalue weighted by molar-refractivity contribution is 5.78. The molecule has 24 heavy (non-hydrogen) atoms. The summed E-state index contributed by atoms with van der Waals surface area (Å²) in [5.41, 5.74) is 2.17. The van der Waals surface area contributed by atoms with Gasteiger partial charge in [-0.2, -0.15) is 0 Å². The number of aryl methyl sites for hydroxylation is 2. The lowest BCUT2D eigenvalue weighted by Gasteiger charge is -2.26. The molecule has 0 aliphatic carbocycles. The maximum Gasteiger partial charge on any atom is 0.225 e. The van der Waals surface area contributed by atoms with Crippen molar-refractivity contribution in [3.63, 3.8) is 0 Å². The number of carbonyl (C=O) groups is 1. The van der Waals surface area contributed by atoms with E-state index in [-0.39, 0.29) is 17.9 Å². The lowest BCUT2D eigenvalue weighted by molar-refractivity contribution is -0.127. The number of amides is 1. The Hall–Kier alpha value is -2.14. The Kier molecular flexibility index (Phi) is 5.30. The summed E-state index contributed by atoms with van der Waals surface area (Å²) in [7, 11) is 0. The van der Waals surface area contributed by atoms with Crippen molar-refractivity contribution in [1.82, 2.24) is 14.9 Å². The summed E-state index contributed by atoms with van der Waals surface area (Å²) in [5.74, 6) is 1.03. The van der Waals surface area contributed by atoms with Crippen LogP contribution in [-0.4, -0.2) is 28.1 Å². The van der Waals surface area contributed by atoms with Crippen molar-refractivity contribution < 1.29 is 9.53 Å². The molecule has 2 unspecified atom stereocenters. The predicted molar refractivity (Wildman–Crippen MR) is 92.5 cm³/mol. The molecule has 1 aliphatic heterocycles. The Bertz CT molecular complexity index is 681. The van der Waals surface area contributed by atoms with Crippen LogP contribution in [0, 0.1) is 12.8 Å². The molecule has 0 fully saturated rings. The van der Waals surface area contributed by atoms with Gasteiger partial charge in [0.2, 0.25) is 5.91 Å². The van der Waals surface area contributed by atoms with Crippen LogP contribution in [0.5, 0.6) is 0 Å². The van der Waals surface area contributed by atoms with Crippen LogP contribution in [-0.2, 0) is 29.1 Å². The van der Waals surface area contributed by atoms with Crippen LogP contribution >= 0.6 is 0 Å². The van der Waals surface area contributed by atoms with Crippen LogP contribution in [0.3, 0.4) is 0 Å². The van der Waals surface area contributed by atoms with Gasteiger partial charge in [0.1, 0.15) is 5.82 Å². The van der Waals surface area contributed by atoms with E-state index < -0.39 is 0 Å². The van der Waals surface area contributed by atoms with E-state index in [0.717, 1.165) is 36.5 Å². The Morgan fingerprint density at radius 2 is 2.21 bits per heavy atom. The number of benzene rings is 1. The van der Waals surface area contributed by atoms with E-state index in [1.54, 1.807) is 0 Å². The summed E-state index contributed by atoms with van der Waals surface area (Å²) in [4.78, 5) is 16.9. The molecule has 0 spiro atoms. The van der Waals surface area contributed by atoms with Crippen LogP contribution < -0.4 is 5.32 Å². The van der Waals surface area contributed by atoms with Crippen molar-refractivity contribution in [2.24, 2.45) is 5.92 Å². The molecule has 3 rings (SSSR count).